The Labute approximate surface area is 73.5 Å². The van der Waals surface area contributed by atoms with Gasteiger partial charge in [0.2, 0.25) is 0 Å². The molecule has 0 bridgehead atoms. The Morgan fingerprint density at radius 1 is 1.42 bits per heavy atom. The summed E-state index contributed by atoms with van der Waals surface area (Å²) in [5.74, 6) is 0. The third-order valence-corrected chi connectivity index (χ3v) is 2.28. The summed E-state index contributed by atoms with van der Waals surface area (Å²) in [6, 6.07) is 0. The highest BCUT2D eigenvalue weighted by atomic mass is 16.6. The van der Waals surface area contributed by atoms with E-state index in [9.17, 15) is 4.79 Å². The van der Waals surface area contributed by atoms with E-state index in [0.29, 0.717) is 6.54 Å². The van der Waals surface area contributed by atoms with Crippen molar-refractivity contribution < 1.29 is 9.53 Å². The number of ether oxygens (including phenoxy) is 1. The van der Waals surface area contributed by atoms with Crippen LogP contribution in [0.5, 0.6) is 0 Å². The molecule has 0 atom stereocenters. The Kier molecular flexibility index (Phi) is 2.95. The molecule has 3 nitrogen and oxygen atoms in total. The average molecular weight is 171 g/mol. The first-order valence-corrected chi connectivity index (χ1v) is 4.69. The molecule has 0 unspecified atom stereocenters. The van der Waals surface area contributed by atoms with Crippen molar-refractivity contribution in [2.45, 2.75) is 45.1 Å². The van der Waals surface area contributed by atoms with Crippen molar-refractivity contribution >= 4 is 6.09 Å². The van der Waals surface area contributed by atoms with Gasteiger partial charge in [-0.25, -0.2) is 4.79 Å². The van der Waals surface area contributed by atoms with Gasteiger partial charge in [0.15, 0.2) is 0 Å². The van der Waals surface area contributed by atoms with Crippen LogP contribution in [-0.4, -0.2) is 18.2 Å². The molecular formula is C9H17NO2. The highest BCUT2D eigenvalue weighted by Crippen LogP contribution is 2.27. The molecule has 1 N–H and O–H groups in total. The molecule has 1 fully saturated rings. The number of amides is 1. The van der Waals surface area contributed by atoms with Crippen LogP contribution < -0.4 is 5.32 Å². The Bertz CT molecular complexity index is 162. The molecule has 0 aromatic rings. The number of alkyl carbamates (subject to hydrolysis) is 1. The van der Waals surface area contributed by atoms with Gasteiger partial charge in [-0.2, -0.15) is 0 Å². The summed E-state index contributed by atoms with van der Waals surface area (Å²) < 4.78 is 5.28. The maximum Gasteiger partial charge on any atom is 0.407 e. The molecule has 3 heteroatoms. The molecule has 1 aliphatic rings. The highest BCUT2D eigenvalue weighted by Gasteiger charge is 2.38. The summed E-state index contributed by atoms with van der Waals surface area (Å²) >= 11 is 0. The number of hydrogen-bond donors (Lipinski definition) is 1. The normalized spacial score (nSPS) is 20.3. The molecule has 1 aliphatic heterocycles. The van der Waals surface area contributed by atoms with Crippen molar-refractivity contribution in [2.24, 2.45) is 0 Å². The first-order valence-electron chi connectivity index (χ1n) is 4.69. The Morgan fingerprint density at radius 2 is 2.00 bits per heavy atom. The molecule has 1 saturated heterocycles. The summed E-state index contributed by atoms with van der Waals surface area (Å²) in [5.41, 5.74) is -0.194. The van der Waals surface area contributed by atoms with Crippen LogP contribution in [0.15, 0.2) is 0 Å². The molecular weight excluding hydrogens is 154 g/mol. The van der Waals surface area contributed by atoms with E-state index in [0.717, 1.165) is 25.7 Å². The zero-order valence-electron chi connectivity index (χ0n) is 7.85. The van der Waals surface area contributed by atoms with Crippen molar-refractivity contribution in [2.75, 3.05) is 6.54 Å². The second kappa shape index (κ2) is 3.78. The zero-order valence-corrected chi connectivity index (χ0v) is 7.85. The SMILES string of the molecule is CCCC1(CCC)CNC(=O)O1. The molecule has 0 spiro atoms. The lowest BCUT2D eigenvalue weighted by Crippen LogP contribution is -2.32. The predicted molar refractivity (Wildman–Crippen MR) is 47.0 cm³/mol. The minimum atomic E-state index is -0.253. The third kappa shape index (κ3) is 1.90. The zero-order chi connectivity index (χ0) is 9.03. The second-order valence-electron chi connectivity index (χ2n) is 3.43. The van der Waals surface area contributed by atoms with Crippen LogP contribution in [-0.2, 0) is 4.74 Å². The summed E-state index contributed by atoms with van der Waals surface area (Å²) in [6.45, 7) is 4.92. The lowest BCUT2D eigenvalue weighted by Gasteiger charge is -2.24. The summed E-state index contributed by atoms with van der Waals surface area (Å²) in [7, 11) is 0. The molecule has 0 aromatic heterocycles. The van der Waals surface area contributed by atoms with Crippen molar-refractivity contribution in [1.29, 1.82) is 0 Å². The number of nitrogens with one attached hydrogen (secondary N) is 1. The van der Waals surface area contributed by atoms with Gasteiger partial charge in [0, 0.05) is 0 Å². The van der Waals surface area contributed by atoms with Gasteiger partial charge < -0.3 is 10.1 Å². The monoisotopic (exact) mass is 171 g/mol. The van der Waals surface area contributed by atoms with Crippen LogP contribution in [0.3, 0.4) is 0 Å². The molecule has 1 amide bonds. The van der Waals surface area contributed by atoms with E-state index >= 15 is 0 Å². The van der Waals surface area contributed by atoms with E-state index in [-0.39, 0.29) is 11.7 Å². The van der Waals surface area contributed by atoms with Crippen LogP contribution in [0, 0.1) is 0 Å². The Balaban J connectivity index is 2.54. The van der Waals surface area contributed by atoms with Gasteiger partial charge in [0.05, 0.1) is 6.54 Å². The summed E-state index contributed by atoms with van der Waals surface area (Å²) in [6.07, 6.45) is 3.82. The van der Waals surface area contributed by atoms with Crippen LogP contribution >= 0.6 is 0 Å². The summed E-state index contributed by atoms with van der Waals surface area (Å²) in [5, 5.41) is 2.72. The van der Waals surface area contributed by atoms with Crippen LogP contribution in [0.1, 0.15) is 39.5 Å². The number of cyclic esters (lactones) is 1. The number of hydrogen-bond acceptors (Lipinski definition) is 2. The first kappa shape index (κ1) is 9.36. The molecule has 0 radical (unpaired) electrons. The largest absolute Gasteiger partial charge is 0.441 e. The lowest BCUT2D eigenvalue weighted by atomic mass is 9.93. The maximum atomic E-state index is 10.9. The second-order valence-corrected chi connectivity index (χ2v) is 3.43. The average Bonchev–Trinajstić information content (AvgIpc) is 2.34. The Morgan fingerprint density at radius 3 is 2.33 bits per heavy atom. The van der Waals surface area contributed by atoms with Crippen molar-refractivity contribution in [3.63, 3.8) is 0 Å². The first-order chi connectivity index (χ1) is 5.72. The topological polar surface area (TPSA) is 38.3 Å². The molecule has 0 saturated carbocycles. The van der Waals surface area contributed by atoms with Crippen molar-refractivity contribution in [3.8, 4) is 0 Å². The number of carbonyl (C=O) groups is 1. The van der Waals surface area contributed by atoms with E-state index in [1.54, 1.807) is 0 Å². The minimum Gasteiger partial charge on any atom is -0.441 e. The van der Waals surface area contributed by atoms with Gasteiger partial charge in [0.1, 0.15) is 5.60 Å². The van der Waals surface area contributed by atoms with Crippen molar-refractivity contribution in [3.05, 3.63) is 0 Å². The number of rotatable bonds is 4. The van der Waals surface area contributed by atoms with E-state index in [1.807, 2.05) is 0 Å². The molecule has 70 valence electrons. The van der Waals surface area contributed by atoms with Gasteiger partial charge in [-0.15, -0.1) is 0 Å². The quantitative estimate of drug-likeness (QED) is 0.703. The fraction of sp³-hybridized carbons (Fsp3) is 0.889. The van der Waals surface area contributed by atoms with Crippen LogP contribution in [0.25, 0.3) is 0 Å². The standard InChI is InChI=1S/C9H17NO2/c1-3-5-9(6-4-2)7-10-8(11)12-9/h3-7H2,1-2H3,(H,10,11). The van der Waals surface area contributed by atoms with Gasteiger partial charge in [0.25, 0.3) is 0 Å². The van der Waals surface area contributed by atoms with Gasteiger partial charge in [-0.1, -0.05) is 26.7 Å². The smallest absolute Gasteiger partial charge is 0.407 e. The predicted octanol–water partition coefficient (Wildman–Crippen LogP) is 2.07. The van der Waals surface area contributed by atoms with E-state index in [1.165, 1.54) is 0 Å². The van der Waals surface area contributed by atoms with E-state index < -0.39 is 0 Å². The van der Waals surface area contributed by atoms with Crippen LogP contribution in [0.4, 0.5) is 4.79 Å². The van der Waals surface area contributed by atoms with Gasteiger partial charge in [-0.05, 0) is 12.8 Å². The van der Waals surface area contributed by atoms with Gasteiger partial charge >= 0.3 is 6.09 Å². The van der Waals surface area contributed by atoms with E-state index in [4.69, 9.17) is 4.74 Å². The van der Waals surface area contributed by atoms with Gasteiger partial charge in [-0.3, -0.25) is 0 Å². The molecule has 12 heavy (non-hydrogen) atoms. The van der Waals surface area contributed by atoms with E-state index in [2.05, 4.69) is 19.2 Å². The fourth-order valence-corrected chi connectivity index (χ4v) is 1.82. The highest BCUT2D eigenvalue weighted by molar-refractivity contribution is 5.70. The number of carbonyl (C=O) groups excluding carboxylic acids is 1. The third-order valence-electron chi connectivity index (χ3n) is 2.28. The Hall–Kier alpha value is -0.730. The molecule has 1 heterocycles. The molecule has 0 aliphatic carbocycles. The lowest BCUT2D eigenvalue weighted by molar-refractivity contribution is 0.0412. The minimum absolute atomic E-state index is 0.194. The molecule has 0 aromatic carbocycles. The van der Waals surface area contributed by atoms with Crippen molar-refractivity contribution in [1.82, 2.24) is 5.32 Å². The maximum absolute atomic E-state index is 10.9. The van der Waals surface area contributed by atoms with Crippen LogP contribution in [0.2, 0.25) is 0 Å². The molecule has 1 rings (SSSR count). The fourth-order valence-electron chi connectivity index (χ4n) is 1.82. The summed E-state index contributed by atoms with van der Waals surface area (Å²) in [4.78, 5) is 10.9.